The van der Waals surface area contributed by atoms with E-state index in [0.717, 1.165) is 10.8 Å². The van der Waals surface area contributed by atoms with E-state index in [-0.39, 0.29) is 10.5 Å². The van der Waals surface area contributed by atoms with Gasteiger partial charge in [0.15, 0.2) is 0 Å². The van der Waals surface area contributed by atoms with Gasteiger partial charge in [-0.3, -0.25) is 19.5 Å². The molecule has 1 aromatic heterocycles. The summed E-state index contributed by atoms with van der Waals surface area (Å²) >= 11 is 0. The summed E-state index contributed by atoms with van der Waals surface area (Å²) in [6, 6.07) is 18.4. The number of aromatic amines is 1. The fourth-order valence-corrected chi connectivity index (χ4v) is 4.53. The Morgan fingerprint density at radius 1 is 0.974 bits per heavy atom. The van der Waals surface area contributed by atoms with Gasteiger partial charge in [0.25, 0.3) is 15.6 Å². The zero-order valence-electron chi connectivity index (χ0n) is 20.4. The molecule has 0 saturated carbocycles. The maximum absolute atomic E-state index is 12.7. The first kappa shape index (κ1) is 26.2. The van der Waals surface area contributed by atoms with Crippen LogP contribution in [0.2, 0.25) is 0 Å². The Kier molecular flexibility index (Phi) is 7.63. The highest BCUT2D eigenvalue weighted by atomic mass is 32.2. The van der Waals surface area contributed by atoms with Crippen LogP contribution in [-0.2, 0) is 10.0 Å². The van der Waals surface area contributed by atoms with Crippen molar-refractivity contribution in [3.63, 3.8) is 0 Å². The number of anilines is 1. The molecule has 12 heteroatoms. The molecule has 0 radical (unpaired) electrons. The summed E-state index contributed by atoms with van der Waals surface area (Å²) in [5, 5.41) is 10.7. The third-order valence-corrected chi connectivity index (χ3v) is 6.76. The van der Waals surface area contributed by atoms with Crippen LogP contribution in [0.15, 0.2) is 92.3 Å². The number of nitrogens with one attached hydrogen (secondary N) is 2. The molecule has 0 bridgehead atoms. The van der Waals surface area contributed by atoms with E-state index in [2.05, 4.69) is 14.7 Å². The van der Waals surface area contributed by atoms with Crippen LogP contribution in [0.5, 0.6) is 17.4 Å². The van der Waals surface area contributed by atoms with Crippen molar-refractivity contribution in [2.45, 2.75) is 11.8 Å². The molecule has 3 N–H and O–H groups in total. The van der Waals surface area contributed by atoms with E-state index in [1.807, 2.05) is 6.92 Å². The molecule has 0 amide bonds. The quantitative estimate of drug-likeness (QED) is 0.278. The van der Waals surface area contributed by atoms with Gasteiger partial charge in [-0.1, -0.05) is 0 Å². The average molecular weight is 537 g/mol. The zero-order valence-corrected chi connectivity index (χ0v) is 21.2. The number of aliphatic imine (C=N–C) groups is 1. The highest BCUT2D eigenvalue weighted by Crippen LogP contribution is 2.23. The van der Waals surface area contributed by atoms with E-state index in [1.54, 1.807) is 48.5 Å². The van der Waals surface area contributed by atoms with E-state index in [1.165, 1.54) is 31.4 Å². The number of ether oxygens (including phenoxy) is 2. The summed E-state index contributed by atoms with van der Waals surface area (Å²) in [7, 11) is -2.35. The minimum atomic E-state index is -3.86. The summed E-state index contributed by atoms with van der Waals surface area (Å²) < 4.78 is 39.2. The normalized spacial score (nSPS) is 11.4. The van der Waals surface area contributed by atoms with Crippen molar-refractivity contribution in [3.8, 4) is 23.1 Å². The second-order valence-corrected chi connectivity index (χ2v) is 9.53. The number of methoxy groups -OCH3 is 1. The number of H-pyrrole nitrogens is 1. The first-order valence-electron chi connectivity index (χ1n) is 11.3. The molecule has 3 aromatic carbocycles. The Morgan fingerprint density at radius 3 is 2.21 bits per heavy atom. The topological polar surface area (TPSA) is 152 Å². The lowest BCUT2D eigenvalue weighted by atomic mass is 10.2. The average Bonchev–Trinajstić information content (AvgIpc) is 2.90. The Bertz CT molecular complexity index is 1670. The molecule has 0 spiro atoms. The number of hydrogen-bond acceptors (Lipinski definition) is 8. The fraction of sp³-hybridized carbons (Fsp3) is 0.115. The summed E-state index contributed by atoms with van der Waals surface area (Å²) in [5.41, 5.74) is -0.928. The molecule has 4 rings (SSSR count). The van der Waals surface area contributed by atoms with Gasteiger partial charge in [-0.15, -0.1) is 0 Å². The van der Waals surface area contributed by atoms with E-state index in [4.69, 9.17) is 9.47 Å². The Labute approximate surface area is 217 Å². The summed E-state index contributed by atoms with van der Waals surface area (Å²) in [6.07, 6.45) is 1.10. The molecule has 0 aliphatic heterocycles. The molecular formula is C26H24N4O7S. The molecule has 4 aromatic rings. The van der Waals surface area contributed by atoms with Crippen molar-refractivity contribution < 1.29 is 23.0 Å². The van der Waals surface area contributed by atoms with E-state index >= 15 is 0 Å². The van der Waals surface area contributed by atoms with Gasteiger partial charge in [-0.25, -0.2) is 17.8 Å². The van der Waals surface area contributed by atoms with Gasteiger partial charge < -0.3 is 14.6 Å². The van der Waals surface area contributed by atoms with Crippen molar-refractivity contribution in [1.29, 1.82) is 0 Å². The van der Waals surface area contributed by atoms with E-state index < -0.39 is 27.2 Å². The van der Waals surface area contributed by atoms with E-state index in [0.29, 0.717) is 35.2 Å². The molecule has 0 aliphatic rings. The highest BCUT2D eigenvalue weighted by molar-refractivity contribution is 7.92. The van der Waals surface area contributed by atoms with Gasteiger partial charge in [-0.05, 0) is 79.7 Å². The second-order valence-electron chi connectivity index (χ2n) is 7.84. The van der Waals surface area contributed by atoms with Crippen LogP contribution >= 0.6 is 0 Å². The number of nitrogens with zero attached hydrogens (tertiary/aromatic N) is 2. The number of sulfonamides is 1. The molecule has 11 nitrogen and oxygen atoms in total. The molecule has 196 valence electrons. The van der Waals surface area contributed by atoms with Crippen LogP contribution in [0.3, 0.4) is 0 Å². The molecule has 0 saturated heterocycles. The monoisotopic (exact) mass is 536 g/mol. The minimum Gasteiger partial charge on any atom is -0.497 e. The molecule has 38 heavy (non-hydrogen) atoms. The number of aromatic nitrogens is 2. The van der Waals surface area contributed by atoms with Crippen molar-refractivity contribution in [2.24, 2.45) is 4.99 Å². The lowest BCUT2D eigenvalue weighted by molar-refractivity contribution is 0.340. The van der Waals surface area contributed by atoms with Crippen LogP contribution in [-0.4, -0.2) is 43.0 Å². The Hall–Kier alpha value is -4.84. The number of rotatable bonds is 9. The maximum Gasteiger partial charge on any atom is 0.335 e. The summed E-state index contributed by atoms with van der Waals surface area (Å²) in [4.78, 5) is 31.1. The predicted molar refractivity (Wildman–Crippen MR) is 143 cm³/mol. The van der Waals surface area contributed by atoms with Gasteiger partial charge in [0, 0.05) is 11.9 Å². The SMILES string of the molecule is CCOc1ccc(-n2c(O)c(C=Nc3ccc(S(=O)(=O)Nc4ccc(OC)cc4)cc3)c(=O)[nH]c2=O)cc1. The van der Waals surface area contributed by atoms with Crippen LogP contribution in [0.25, 0.3) is 5.69 Å². The van der Waals surface area contributed by atoms with Gasteiger partial charge in [0.2, 0.25) is 5.88 Å². The largest absolute Gasteiger partial charge is 0.497 e. The van der Waals surface area contributed by atoms with Crippen LogP contribution in [0.1, 0.15) is 12.5 Å². The second kappa shape index (κ2) is 11.0. The smallest absolute Gasteiger partial charge is 0.335 e. The molecule has 1 heterocycles. The molecule has 0 atom stereocenters. The first-order chi connectivity index (χ1) is 18.2. The molecule has 0 unspecified atom stereocenters. The number of aromatic hydroxyl groups is 1. The standard InChI is InChI=1S/C26H24N4O7S/c1-3-37-21-12-8-19(9-13-21)30-25(32)23(24(31)28-26(30)33)16-27-17-6-14-22(15-7-17)38(34,35)29-18-4-10-20(36-2)11-5-18/h4-16,29,32H,3H2,1-2H3,(H,28,31,33). The van der Waals surface area contributed by atoms with E-state index in [9.17, 15) is 23.1 Å². The lowest BCUT2D eigenvalue weighted by Gasteiger charge is -2.10. The van der Waals surface area contributed by atoms with Crippen LogP contribution in [0, 0.1) is 0 Å². The van der Waals surface area contributed by atoms with Crippen LogP contribution < -0.4 is 25.4 Å². The third-order valence-electron chi connectivity index (χ3n) is 5.36. The molecule has 0 fully saturated rings. The minimum absolute atomic E-state index is 0.00277. The maximum atomic E-state index is 12.7. The lowest BCUT2D eigenvalue weighted by Crippen LogP contribution is -2.31. The Morgan fingerprint density at radius 2 is 1.61 bits per heavy atom. The summed E-state index contributed by atoms with van der Waals surface area (Å²) in [6.45, 7) is 2.31. The number of benzene rings is 3. The number of hydrogen-bond donors (Lipinski definition) is 3. The molecular weight excluding hydrogens is 512 g/mol. The van der Waals surface area contributed by atoms with Crippen LogP contribution in [0.4, 0.5) is 11.4 Å². The van der Waals surface area contributed by atoms with Gasteiger partial charge in [0.05, 0.1) is 30.0 Å². The van der Waals surface area contributed by atoms with Crippen molar-refractivity contribution >= 4 is 27.6 Å². The first-order valence-corrected chi connectivity index (χ1v) is 12.8. The van der Waals surface area contributed by atoms with Crippen molar-refractivity contribution in [2.75, 3.05) is 18.4 Å². The van der Waals surface area contributed by atoms with Gasteiger partial charge >= 0.3 is 5.69 Å². The zero-order chi connectivity index (χ0) is 27.3. The van der Waals surface area contributed by atoms with Gasteiger partial charge in [0.1, 0.15) is 17.1 Å². The highest BCUT2D eigenvalue weighted by Gasteiger charge is 2.16. The summed E-state index contributed by atoms with van der Waals surface area (Å²) in [5.74, 6) is 0.573. The van der Waals surface area contributed by atoms with Crippen molar-refractivity contribution in [1.82, 2.24) is 9.55 Å². The predicted octanol–water partition coefficient (Wildman–Crippen LogP) is 3.19. The fourth-order valence-electron chi connectivity index (χ4n) is 3.48. The Balaban J connectivity index is 1.57. The van der Waals surface area contributed by atoms with Gasteiger partial charge in [-0.2, -0.15) is 0 Å². The molecule has 0 aliphatic carbocycles. The third kappa shape index (κ3) is 5.76. The van der Waals surface area contributed by atoms with Crippen molar-refractivity contribution in [3.05, 3.63) is 99.2 Å².